The van der Waals surface area contributed by atoms with Crippen LogP contribution < -0.4 is 5.32 Å². The highest BCUT2D eigenvalue weighted by Crippen LogP contribution is 2.23. The minimum atomic E-state index is -0.675. The van der Waals surface area contributed by atoms with Crippen LogP contribution in [0.3, 0.4) is 0 Å². The van der Waals surface area contributed by atoms with Crippen molar-refractivity contribution in [1.29, 1.82) is 0 Å². The molecule has 0 spiro atoms. The average Bonchev–Trinajstić information content (AvgIpc) is 2.92. The molecule has 6 heteroatoms. The van der Waals surface area contributed by atoms with Crippen LogP contribution in [0.25, 0.3) is 0 Å². The molecule has 1 aromatic carbocycles. The van der Waals surface area contributed by atoms with Gasteiger partial charge in [0, 0.05) is 7.11 Å². The number of nitrogens with zero attached hydrogens (tertiary/aromatic N) is 2. The van der Waals surface area contributed by atoms with Crippen molar-refractivity contribution in [2.45, 2.75) is 32.9 Å². The molecule has 2 aromatic rings. The summed E-state index contributed by atoms with van der Waals surface area (Å²) in [4.78, 5) is 16.8. The lowest BCUT2D eigenvalue weighted by molar-refractivity contribution is -0.132. The van der Waals surface area contributed by atoms with Gasteiger partial charge in [0.2, 0.25) is 5.89 Å². The maximum Gasteiger partial charge on any atom is 0.254 e. The van der Waals surface area contributed by atoms with E-state index in [4.69, 9.17) is 9.26 Å². The molecule has 1 amide bonds. The normalized spacial score (nSPS) is 13.9. The summed E-state index contributed by atoms with van der Waals surface area (Å²) in [6.45, 7) is 5.71. The van der Waals surface area contributed by atoms with Gasteiger partial charge in [0.15, 0.2) is 11.9 Å². The van der Waals surface area contributed by atoms with Crippen LogP contribution in [0.4, 0.5) is 0 Å². The number of ether oxygens (including phenoxy) is 1. The van der Waals surface area contributed by atoms with Gasteiger partial charge in [0.05, 0.1) is 0 Å². The van der Waals surface area contributed by atoms with Crippen LogP contribution in [0.1, 0.15) is 43.3 Å². The first-order chi connectivity index (χ1) is 10.5. The van der Waals surface area contributed by atoms with E-state index in [1.54, 1.807) is 6.92 Å². The molecule has 2 rings (SSSR count). The number of hydrogen-bond acceptors (Lipinski definition) is 5. The number of amides is 1. The molecule has 1 N–H and O–H groups in total. The largest absolute Gasteiger partial charge is 0.367 e. The molecule has 0 aliphatic rings. The Kier molecular flexibility index (Phi) is 5.27. The predicted molar refractivity (Wildman–Crippen MR) is 80.9 cm³/mol. The molecule has 2 atom stereocenters. The Morgan fingerprint density at radius 3 is 2.45 bits per heavy atom. The summed E-state index contributed by atoms with van der Waals surface area (Å²) in [6.07, 6.45) is -0.675. The van der Waals surface area contributed by atoms with Crippen molar-refractivity contribution >= 4 is 5.91 Å². The van der Waals surface area contributed by atoms with Crippen molar-refractivity contribution in [3.63, 3.8) is 0 Å². The molecule has 0 unspecified atom stereocenters. The average molecular weight is 303 g/mol. The van der Waals surface area contributed by atoms with Gasteiger partial charge in [0.1, 0.15) is 6.04 Å². The lowest BCUT2D eigenvalue weighted by Crippen LogP contribution is -2.36. The fourth-order valence-electron chi connectivity index (χ4n) is 2.20. The Hall–Kier alpha value is -2.21. The first kappa shape index (κ1) is 16.2. The Labute approximate surface area is 129 Å². The van der Waals surface area contributed by atoms with Gasteiger partial charge in [0.25, 0.3) is 5.91 Å². The number of carbonyl (C=O) groups excluding carboxylic acids is 1. The molecule has 1 heterocycles. The third-order valence-electron chi connectivity index (χ3n) is 3.35. The fourth-order valence-corrected chi connectivity index (χ4v) is 2.20. The number of benzene rings is 1. The summed E-state index contributed by atoms with van der Waals surface area (Å²) in [5.41, 5.74) is 0.798. The van der Waals surface area contributed by atoms with Crippen molar-refractivity contribution in [3.8, 4) is 0 Å². The molecule has 0 saturated carbocycles. The molecule has 0 fully saturated rings. The van der Waals surface area contributed by atoms with Crippen molar-refractivity contribution < 1.29 is 14.1 Å². The van der Waals surface area contributed by atoms with Crippen LogP contribution >= 0.6 is 0 Å². The van der Waals surface area contributed by atoms with Gasteiger partial charge in [-0.2, -0.15) is 4.98 Å². The zero-order chi connectivity index (χ0) is 16.1. The third-order valence-corrected chi connectivity index (χ3v) is 3.35. The molecule has 22 heavy (non-hydrogen) atoms. The van der Waals surface area contributed by atoms with Gasteiger partial charge in [-0.1, -0.05) is 49.3 Å². The number of methoxy groups -OCH3 is 1. The second-order valence-electron chi connectivity index (χ2n) is 5.44. The number of nitrogens with one attached hydrogen (secondary N) is 1. The van der Waals surface area contributed by atoms with E-state index in [0.717, 1.165) is 5.56 Å². The molecule has 118 valence electrons. The van der Waals surface area contributed by atoms with Gasteiger partial charge in [-0.05, 0) is 18.4 Å². The number of aromatic nitrogens is 2. The summed E-state index contributed by atoms with van der Waals surface area (Å²) < 4.78 is 10.5. The summed E-state index contributed by atoms with van der Waals surface area (Å²) >= 11 is 0. The van der Waals surface area contributed by atoms with E-state index in [0.29, 0.717) is 11.7 Å². The molecule has 0 radical (unpaired) electrons. The Balaban J connectivity index is 2.17. The second kappa shape index (κ2) is 7.17. The van der Waals surface area contributed by atoms with Crippen molar-refractivity contribution in [1.82, 2.24) is 15.5 Å². The summed E-state index contributed by atoms with van der Waals surface area (Å²) in [5.74, 6) is 0.824. The van der Waals surface area contributed by atoms with Gasteiger partial charge in [-0.25, -0.2) is 0 Å². The van der Waals surface area contributed by atoms with Gasteiger partial charge in [-0.15, -0.1) is 0 Å². The van der Waals surface area contributed by atoms with Crippen molar-refractivity contribution in [2.75, 3.05) is 7.11 Å². The summed E-state index contributed by atoms with van der Waals surface area (Å²) in [5, 5.41) is 6.72. The smallest absolute Gasteiger partial charge is 0.254 e. The molecular formula is C16H21N3O3. The minimum Gasteiger partial charge on any atom is -0.367 e. The maximum atomic E-state index is 12.5. The van der Waals surface area contributed by atoms with E-state index in [2.05, 4.69) is 15.5 Å². The topological polar surface area (TPSA) is 77.2 Å². The Morgan fingerprint density at radius 1 is 1.27 bits per heavy atom. The molecule has 0 aliphatic heterocycles. The van der Waals surface area contributed by atoms with Crippen molar-refractivity contribution in [3.05, 3.63) is 47.6 Å². The summed E-state index contributed by atoms with van der Waals surface area (Å²) in [6, 6.07) is 9.00. The summed E-state index contributed by atoms with van der Waals surface area (Å²) in [7, 11) is 1.51. The van der Waals surface area contributed by atoms with E-state index in [1.165, 1.54) is 7.11 Å². The van der Waals surface area contributed by atoms with Gasteiger partial charge < -0.3 is 14.6 Å². The van der Waals surface area contributed by atoms with E-state index >= 15 is 0 Å². The minimum absolute atomic E-state index is 0.108. The lowest BCUT2D eigenvalue weighted by atomic mass is 10.0. The molecule has 0 bridgehead atoms. The van der Waals surface area contributed by atoms with Crippen LogP contribution in [-0.2, 0) is 9.53 Å². The maximum absolute atomic E-state index is 12.5. The van der Waals surface area contributed by atoms with Crippen LogP contribution in [-0.4, -0.2) is 23.2 Å². The molecule has 6 nitrogen and oxygen atoms in total. The van der Waals surface area contributed by atoms with E-state index in [1.807, 2.05) is 44.2 Å². The number of aryl methyl sites for hydroxylation is 1. The highest BCUT2D eigenvalue weighted by Gasteiger charge is 2.28. The lowest BCUT2D eigenvalue weighted by Gasteiger charge is -2.22. The third kappa shape index (κ3) is 3.71. The van der Waals surface area contributed by atoms with E-state index < -0.39 is 6.10 Å². The fraction of sp³-hybridized carbons (Fsp3) is 0.438. The Bertz CT molecular complexity index is 610. The van der Waals surface area contributed by atoms with Gasteiger partial charge in [-0.3, -0.25) is 4.79 Å². The van der Waals surface area contributed by atoms with Crippen LogP contribution in [0.2, 0.25) is 0 Å². The van der Waals surface area contributed by atoms with Crippen LogP contribution in [0.15, 0.2) is 34.9 Å². The number of rotatable bonds is 6. The number of hydrogen-bond donors (Lipinski definition) is 1. The zero-order valence-corrected chi connectivity index (χ0v) is 13.2. The van der Waals surface area contributed by atoms with Crippen LogP contribution in [0, 0.1) is 12.8 Å². The highest BCUT2D eigenvalue weighted by molar-refractivity contribution is 5.82. The monoisotopic (exact) mass is 303 g/mol. The quantitative estimate of drug-likeness (QED) is 0.887. The molecule has 0 saturated heterocycles. The molecular weight excluding hydrogens is 282 g/mol. The first-order valence-electron chi connectivity index (χ1n) is 7.21. The zero-order valence-electron chi connectivity index (χ0n) is 13.2. The SMILES string of the molecule is CO[C@@H](C(=O)N[C@@H](c1nc(C)no1)C(C)C)c1ccccc1. The first-order valence-corrected chi connectivity index (χ1v) is 7.21. The number of carbonyl (C=O) groups is 1. The standard InChI is InChI=1S/C16H21N3O3/c1-10(2)13(16-17-11(3)19-22-16)18-15(20)14(21-4)12-8-6-5-7-9-12/h5-10,13-14H,1-4H3,(H,18,20)/t13-,14-/m1/s1. The second-order valence-corrected chi connectivity index (χ2v) is 5.44. The highest BCUT2D eigenvalue weighted by atomic mass is 16.5. The molecule has 1 aromatic heterocycles. The van der Waals surface area contributed by atoms with Crippen molar-refractivity contribution in [2.24, 2.45) is 5.92 Å². The van der Waals surface area contributed by atoms with E-state index in [9.17, 15) is 4.79 Å². The molecule has 0 aliphatic carbocycles. The predicted octanol–water partition coefficient (Wildman–Crippen LogP) is 2.58. The van der Waals surface area contributed by atoms with E-state index in [-0.39, 0.29) is 17.9 Å². The van der Waals surface area contributed by atoms with Gasteiger partial charge >= 0.3 is 0 Å². The van der Waals surface area contributed by atoms with Crippen LogP contribution in [0.5, 0.6) is 0 Å². The Morgan fingerprint density at radius 2 is 1.95 bits per heavy atom.